The molecule has 0 bridgehead atoms. The zero-order valence-electron chi connectivity index (χ0n) is 15.1. The summed E-state index contributed by atoms with van der Waals surface area (Å²) in [6.45, 7) is 0. The summed E-state index contributed by atoms with van der Waals surface area (Å²) < 4.78 is 0. The van der Waals surface area contributed by atoms with Gasteiger partial charge in [-0.05, 0) is 29.8 Å². The SMILES string of the molecule is CN(C)c1ccc([C@@H](CC(=O)c2ccccc2)Sc2ccccc2)cc1. The van der Waals surface area contributed by atoms with Crippen LogP contribution in [-0.4, -0.2) is 19.9 Å². The van der Waals surface area contributed by atoms with E-state index in [9.17, 15) is 4.79 Å². The number of nitrogens with zero attached hydrogens (tertiary/aromatic N) is 1. The zero-order chi connectivity index (χ0) is 18.4. The summed E-state index contributed by atoms with van der Waals surface area (Å²) >= 11 is 1.74. The average Bonchev–Trinajstić information content (AvgIpc) is 2.69. The van der Waals surface area contributed by atoms with E-state index in [-0.39, 0.29) is 11.0 Å². The fourth-order valence-corrected chi connectivity index (χ4v) is 3.96. The third-order valence-electron chi connectivity index (χ3n) is 4.27. The molecule has 26 heavy (non-hydrogen) atoms. The normalized spacial score (nSPS) is 11.8. The Morgan fingerprint density at radius 1 is 0.846 bits per heavy atom. The van der Waals surface area contributed by atoms with E-state index >= 15 is 0 Å². The van der Waals surface area contributed by atoms with Gasteiger partial charge in [-0.3, -0.25) is 4.79 Å². The minimum Gasteiger partial charge on any atom is -0.378 e. The Balaban J connectivity index is 1.85. The van der Waals surface area contributed by atoms with Crippen LogP contribution in [0.25, 0.3) is 0 Å². The molecule has 0 aliphatic heterocycles. The highest BCUT2D eigenvalue weighted by Gasteiger charge is 2.19. The highest BCUT2D eigenvalue weighted by Crippen LogP contribution is 2.39. The number of carbonyl (C=O) groups excluding carboxylic acids is 1. The van der Waals surface area contributed by atoms with E-state index in [1.807, 2.05) is 62.6 Å². The van der Waals surface area contributed by atoms with Crippen LogP contribution in [-0.2, 0) is 0 Å². The fraction of sp³-hybridized carbons (Fsp3) is 0.174. The molecule has 0 N–H and O–H groups in total. The first-order valence-electron chi connectivity index (χ1n) is 8.71. The lowest BCUT2D eigenvalue weighted by molar-refractivity contribution is 0.0982. The number of anilines is 1. The van der Waals surface area contributed by atoms with Crippen molar-refractivity contribution in [2.24, 2.45) is 0 Å². The molecule has 0 aliphatic carbocycles. The highest BCUT2D eigenvalue weighted by atomic mass is 32.2. The molecule has 0 aliphatic rings. The summed E-state index contributed by atoms with van der Waals surface area (Å²) in [7, 11) is 4.06. The van der Waals surface area contributed by atoms with Gasteiger partial charge in [0.25, 0.3) is 0 Å². The molecule has 3 heteroatoms. The number of Topliss-reactive ketones (excluding diaryl/α,β-unsaturated/α-hetero) is 1. The standard InChI is InChI=1S/C23H23NOS/c1-24(2)20-15-13-19(14-16-20)23(26-21-11-7-4-8-12-21)17-22(25)18-9-5-3-6-10-18/h3-16,23H,17H2,1-2H3/t23-/m1/s1. The van der Waals surface area contributed by atoms with Gasteiger partial charge in [-0.15, -0.1) is 11.8 Å². The van der Waals surface area contributed by atoms with Crippen LogP contribution >= 0.6 is 11.8 Å². The number of hydrogen-bond acceptors (Lipinski definition) is 3. The first-order valence-corrected chi connectivity index (χ1v) is 9.58. The van der Waals surface area contributed by atoms with E-state index in [0.29, 0.717) is 6.42 Å². The molecule has 0 radical (unpaired) electrons. The van der Waals surface area contributed by atoms with Gasteiger partial charge in [0.05, 0.1) is 0 Å². The van der Waals surface area contributed by atoms with Crippen molar-refractivity contribution in [3.63, 3.8) is 0 Å². The molecule has 0 fully saturated rings. The van der Waals surface area contributed by atoms with Gasteiger partial charge in [0, 0.05) is 41.9 Å². The Morgan fingerprint density at radius 2 is 1.42 bits per heavy atom. The molecule has 0 saturated heterocycles. The fourth-order valence-electron chi connectivity index (χ4n) is 2.79. The van der Waals surface area contributed by atoms with Gasteiger partial charge in [-0.2, -0.15) is 0 Å². The predicted octanol–water partition coefficient (Wildman–Crippen LogP) is 5.86. The number of ketones is 1. The second-order valence-corrected chi connectivity index (χ2v) is 7.67. The highest BCUT2D eigenvalue weighted by molar-refractivity contribution is 7.99. The molecule has 1 atom stereocenters. The van der Waals surface area contributed by atoms with Crippen molar-refractivity contribution in [2.75, 3.05) is 19.0 Å². The average molecular weight is 362 g/mol. The molecular weight excluding hydrogens is 338 g/mol. The molecule has 2 nitrogen and oxygen atoms in total. The summed E-state index contributed by atoms with van der Waals surface area (Å²) in [6, 6.07) is 28.3. The topological polar surface area (TPSA) is 20.3 Å². The van der Waals surface area contributed by atoms with Crippen LogP contribution in [0, 0.1) is 0 Å². The van der Waals surface area contributed by atoms with Crippen LogP contribution < -0.4 is 4.90 Å². The van der Waals surface area contributed by atoms with Crippen molar-refractivity contribution in [1.29, 1.82) is 0 Å². The molecule has 3 aromatic rings. The first kappa shape index (κ1) is 18.3. The first-order chi connectivity index (χ1) is 12.6. The molecule has 0 spiro atoms. The summed E-state index contributed by atoms with van der Waals surface area (Å²) in [6.07, 6.45) is 0.477. The maximum absolute atomic E-state index is 12.8. The van der Waals surface area contributed by atoms with Crippen LogP contribution in [0.4, 0.5) is 5.69 Å². The van der Waals surface area contributed by atoms with Gasteiger partial charge >= 0.3 is 0 Å². The maximum atomic E-state index is 12.8. The molecule has 132 valence electrons. The van der Waals surface area contributed by atoms with E-state index in [1.165, 1.54) is 10.5 Å². The summed E-state index contributed by atoms with van der Waals surface area (Å²) in [4.78, 5) is 16.0. The van der Waals surface area contributed by atoms with Crippen molar-refractivity contribution in [1.82, 2.24) is 0 Å². The van der Waals surface area contributed by atoms with Gasteiger partial charge in [0.1, 0.15) is 0 Å². The van der Waals surface area contributed by atoms with Crippen molar-refractivity contribution in [3.05, 3.63) is 96.1 Å². The molecule has 0 saturated carbocycles. The quantitative estimate of drug-likeness (QED) is 0.388. The largest absolute Gasteiger partial charge is 0.378 e. The second-order valence-electron chi connectivity index (χ2n) is 6.40. The number of thioether (sulfide) groups is 1. The molecular formula is C23H23NOS. The zero-order valence-corrected chi connectivity index (χ0v) is 15.9. The minimum atomic E-state index is 0.0846. The number of benzene rings is 3. The van der Waals surface area contributed by atoms with Crippen molar-refractivity contribution in [3.8, 4) is 0 Å². The molecule has 3 rings (SSSR count). The van der Waals surface area contributed by atoms with Gasteiger partial charge in [0.2, 0.25) is 0 Å². The number of hydrogen-bond donors (Lipinski definition) is 0. The minimum absolute atomic E-state index is 0.0846. The third-order valence-corrected chi connectivity index (χ3v) is 5.54. The Bertz CT molecular complexity index is 829. The predicted molar refractivity (Wildman–Crippen MR) is 111 cm³/mol. The lowest BCUT2D eigenvalue weighted by atomic mass is 10.0. The van der Waals surface area contributed by atoms with E-state index in [1.54, 1.807) is 11.8 Å². The molecule has 0 aromatic heterocycles. The molecule has 0 heterocycles. The lowest BCUT2D eigenvalue weighted by Crippen LogP contribution is -2.09. The Hall–Kier alpha value is -2.52. The summed E-state index contributed by atoms with van der Waals surface area (Å²) in [5, 5.41) is 0.0846. The van der Waals surface area contributed by atoms with Crippen LogP contribution in [0.5, 0.6) is 0 Å². The summed E-state index contributed by atoms with van der Waals surface area (Å²) in [5.74, 6) is 0.177. The van der Waals surface area contributed by atoms with E-state index in [0.717, 1.165) is 11.3 Å². The second kappa shape index (κ2) is 8.72. The van der Waals surface area contributed by atoms with Crippen molar-refractivity contribution < 1.29 is 4.79 Å². The Labute approximate surface area is 159 Å². The van der Waals surface area contributed by atoms with Crippen molar-refractivity contribution in [2.45, 2.75) is 16.6 Å². The van der Waals surface area contributed by atoms with E-state index in [4.69, 9.17) is 0 Å². The van der Waals surface area contributed by atoms with Crippen LogP contribution in [0.3, 0.4) is 0 Å². The third kappa shape index (κ3) is 4.77. The van der Waals surface area contributed by atoms with Crippen LogP contribution in [0.2, 0.25) is 0 Å². The lowest BCUT2D eigenvalue weighted by Gasteiger charge is -2.19. The Kier molecular flexibility index (Phi) is 6.13. The van der Waals surface area contributed by atoms with Gasteiger partial charge < -0.3 is 4.90 Å². The van der Waals surface area contributed by atoms with Crippen LogP contribution in [0.15, 0.2) is 89.8 Å². The van der Waals surface area contributed by atoms with E-state index in [2.05, 4.69) is 41.3 Å². The number of rotatable bonds is 7. The molecule has 0 unspecified atom stereocenters. The molecule has 3 aromatic carbocycles. The van der Waals surface area contributed by atoms with Crippen molar-refractivity contribution >= 4 is 23.2 Å². The van der Waals surface area contributed by atoms with Gasteiger partial charge in [-0.1, -0.05) is 60.7 Å². The monoisotopic (exact) mass is 361 g/mol. The van der Waals surface area contributed by atoms with Gasteiger partial charge in [0.15, 0.2) is 5.78 Å². The smallest absolute Gasteiger partial charge is 0.164 e. The van der Waals surface area contributed by atoms with Crippen LogP contribution in [0.1, 0.15) is 27.6 Å². The molecule has 0 amide bonds. The number of carbonyl (C=O) groups is 1. The maximum Gasteiger partial charge on any atom is 0.164 e. The van der Waals surface area contributed by atoms with E-state index < -0.39 is 0 Å². The van der Waals surface area contributed by atoms with Gasteiger partial charge in [-0.25, -0.2) is 0 Å². The Morgan fingerprint density at radius 3 is 2.00 bits per heavy atom. The summed E-state index contributed by atoms with van der Waals surface area (Å²) in [5.41, 5.74) is 3.11.